The van der Waals surface area contributed by atoms with Crippen molar-refractivity contribution >= 4 is 0 Å². The summed E-state index contributed by atoms with van der Waals surface area (Å²) in [5.41, 5.74) is 0. The molecule has 0 N–H and O–H groups in total. The zero-order valence-electron chi connectivity index (χ0n) is 9.09. The van der Waals surface area contributed by atoms with Gasteiger partial charge in [0, 0.05) is 37.8 Å². The highest BCUT2D eigenvalue weighted by Gasteiger charge is 2.17. The van der Waals surface area contributed by atoms with Crippen LogP contribution in [-0.4, -0.2) is 48.2 Å². The molecule has 1 fully saturated rings. The molecule has 0 aliphatic carbocycles. The van der Waals surface area contributed by atoms with Crippen molar-refractivity contribution in [2.45, 2.75) is 6.42 Å². The van der Waals surface area contributed by atoms with Crippen LogP contribution < -0.4 is 0 Å². The van der Waals surface area contributed by atoms with E-state index < -0.39 is 0 Å². The average Bonchev–Trinajstić information content (AvgIpc) is 2.44. The van der Waals surface area contributed by atoms with E-state index in [0.717, 1.165) is 38.5 Å². The van der Waals surface area contributed by atoms with E-state index in [1.165, 1.54) is 0 Å². The Morgan fingerprint density at radius 3 is 3.07 bits per heavy atom. The van der Waals surface area contributed by atoms with E-state index in [1.807, 2.05) is 6.07 Å². The minimum Gasteiger partial charge on any atom is -0.380 e. The molecule has 4 nitrogen and oxygen atoms in total. The molecule has 2 heterocycles. The van der Waals surface area contributed by atoms with Crippen molar-refractivity contribution in [3.8, 4) is 0 Å². The molecule has 0 bridgehead atoms. The molecule has 0 unspecified atom stereocenters. The Morgan fingerprint density at radius 1 is 1.47 bits per heavy atom. The van der Waals surface area contributed by atoms with Crippen molar-refractivity contribution in [3.63, 3.8) is 0 Å². The van der Waals surface area contributed by atoms with Gasteiger partial charge in [0.1, 0.15) is 5.82 Å². The van der Waals surface area contributed by atoms with Gasteiger partial charge in [-0.3, -0.25) is 0 Å². The summed E-state index contributed by atoms with van der Waals surface area (Å²) in [5.74, 6) is 1.43. The molecule has 2 rings (SSSR count). The largest absolute Gasteiger partial charge is 0.380 e. The smallest absolute Gasteiger partial charge is 0.128 e. The number of ether oxygens (including phenoxy) is 1. The van der Waals surface area contributed by atoms with Crippen molar-refractivity contribution in [2.75, 3.05) is 33.4 Å². The third-order valence-corrected chi connectivity index (χ3v) is 2.63. The van der Waals surface area contributed by atoms with Crippen LogP contribution >= 0.6 is 0 Å². The number of rotatable bonds is 2. The Bertz CT molecular complexity index is 291. The zero-order valence-corrected chi connectivity index (χ0v) is 9.09. The fourth-order valence-electron chi connectivity index (χ4n) is 1.87. The average molecular weight is 207 g/mol. The van der Waals surface area contributed by atoms with Crippen molar-refractivity contribution < 1.29 is 4.74 Å². The van der Waals surface area contributed by atoms with E-state index in [-0.39, 0.29) is 0 Å². The van der Waals surface area contributed by atoms with Crippen LogP contribution in [0.3, 0.4) is 0 Å². The summed E-state index contributed by atoms with van der Waals surface area (Å²) in [7, 11) is 2.13. The second-order valence-corrected chi connectivity index (χ2v) is 4.07. The van der Waals surface area contributed by atoms with Crippen molar-refractivity contribution in [3.05, 3.63) is 24.3 Å². The van der Waals surface area contributed by atoms with Gasteiger partial charge in [-0.2, -0.15) is 0 Å². The van der Waals surface area contributed by atoms with Gasteiger partial charge in [-0.1, -0.05) is 0 Å². The molecular formula is C11H17N3O. The summed E-state index contributed by atoms with van der Waals surface area (Å²) in [6.45, 7) is 3.75. The molecule has 1 aliphatic heterocycles. The van der Waals surface area contributed by atoms with Crippen molar-refractivity contribution in [1.29, 1.82) is 0 Å². The number of aromatic nitrogens is 2. The summed E-state index contributed by atoms with van der Waals surface area (Å²) in [5, 5.41) is 0. The van der Waals surface area contributed by atoms with Gasteiger partial charge in [-0.05, 0) is 13.1 Å². The van der Waals surface area contributed by atoms with Gasteiger partial charge in [0.15, 0.2) is 0 Å². The second-order valence-electron chi connectivity index (χ2n) is 4.07. The molecule has 0 spiro atoms. The molecule has 1 saturated heterocycles. The highest BCUT2D eigenvalue weighted by Crippen LogP contribution is 2.09. The van der Waals surface area contributed by atoms with Gasteiger partial charge in [0.05, 0.1) is 13.2 Å². The zero-order chi connectivity index (χ0) is 10.5. The first-order valence-corrected chi connectivity index (χ1v) is 5.37. The molecular weight excluding hydrogens is 190 g/mol. The standard InChI is InChI=1S/C11H17N3O/c1-14-5-6-15-9-10(8-14)7-11-12-3-2-4-13-11/h2-4,10H,5-9H2,1H3/t10-/m0/s1. The van der Waals surface area contributed by atoms with Crippen molar-refractivity contribution in [1.82, 2.24) is 14.9 Å². The number of hydrogen-bond acceptors (Lipinski definition) is 4. The lowest BCUT2D eigenvalue weighted by Crippen LogP contribution is -2.27. The van der Waals surface area contributed by atoms with E-state index in [2.05, 4.69) is 21.9 Å². The maximum absolute atomic E-state index is 5.55. The highest BCUT2D eigenvalue weighted by molar-refractivity contribution is 4.91. The van der Waals surface area contributed by atoms with E-state index in [9.17, 15) is 0 Å². The lowest BCUT2D eigenvalue weighted by atomic mass is 10.1. The second kappa shape index (κ2) is 5.19. The van der Waals surface area contributed by atoms with Crippen molar-refractivity contribution in [2.24, 2.45) is 5.92 Å². The Hall–Kier alpha value is -1.00. The third kappa shape index (κ3) is 3.25. The topological polar surface area (TPSA) is 38.2 Å². The molecule has 0 aromatic carbocycles. The molecule has 0 amide bonds. The molecule has 1 atom stereocenters. The Balaban J connectivity index is 1.93. The van der Waals surface area contributed by atoms with Gasteiger partial charge < -0.3 is 9.64 Å². The summed E-state index contributed by atoms with van der Waals surface area (Å²) in [6, 6.07) is 1.85. The van der Waals surface area contributed by atoms with Crippen LogP contribution in [-0.2, 0) is 11.2 Å². The lowest BCUT2D eigenvalue weighted by Gasteiger charge is -2.17. The summed E-state index contributed by atoms with van der Waals surface area (Å²) < 4.78 is 5.55. The van der Waals surface area contributed by atoms with Gasteiger partial charge in [-0.15, -0.1) is 0 Å². The number of hydrogen-bond donors (Lipinski definition) is 0. The molecule has 1 aromatic rings. The van der Waals surface area contributed by atoms with Gasteiger partial charge >= 0.3 is 0 Å². The fraction of sp³-hybridized carbons (Fsp3) is 0.636. The van der Waals surface area contributed by atoms with E-state index in [0.29, 0.717) is 5.92 Å². The summed E-state index contributed by atoms with van der Waals surface area (Å²) >= 11 is 0. The lowest BCUT2D eigenvalue weighted by molar-refractivity contribution is 0.122. The molecule has 1 aromatic heterocycles. The Morgan fingerprint density at radius 2 is 2.27 bits per heavy atom. The SMILES string of the molecule is CN1CCOC[C@@H](Cc2ncccn2)C1. The molecule has 0 radical (unpaired) electrons. The Labute approximate surface area is 90.3 Å². The number of likely N-dealkylation sites (N-methyl/N-ethyl adjacent to an activating group) is 1. The third-order valence-electron chi connectivity index (χ3n) is 2.63. The van der Waals surface area contributed by atoms with Crippen LogP contribution in [0.5, 0.6) is 0 Å². The monoisotopic (exact) mass is 207 g/mol. The molecule has 4 heteroatoms. The Kier molecular flexibility index (Phi) is 3.64. The van der Waals surface area contributed by atoms with Crippen LogP contribution in [0, 0.1) is 5.92 Å². The van der Waals surface area contributed by atoms with Gasteiger partial charge in [-0.25, -0.2) is 9.97 Å². The summed E-state index contributed by atoms with van der Waals surface area (Å²) in [6.07, 6.45) is 4.50. The van der Waals surface area contributed by atoms with Crippen LogP contribution in [0.15, 0.2) is 18.5 Å². The quantitative estimate of drug-likeness (QED) is 0.711. The predicted octanol–water partition coefficient (Wildman–Crippen LogP) is 0.597. The molecule has 1 aliphatic rings. The number of nitrogens with zero attached hydrogens (tertiary/aromatic N) is 3. The maximum Gasteiger partial charge on any atom is 0.128 e. The minimum absolute atomic E-state index is 0.514. The molecule has 82 valence electrons. The first kappa shape index (κ1) is 10.5. The minimum atomic E-state index is 0.514. The molecule has 0 saturated carbocycles. The van der Waals surface area contributed by atoms with Crippen LogP contribution in [0.1, 0.15) is 5.82 Å². The van der Waals surface area contributed by atoms with Gasteiger partial charge in [0.25, 0.3) is 0 Å². The van der Waals surface area contributed by atoms with Crippen LogP contribution in [0.2, 0.25) is 0 Å². The summed E-state index contributed by atoms with van der Waals surface area (Å²) in [4.78, 5) is 10.8. The van der Waals surface area contributed by atoms with Crippen LogP contribution in [0.4, 0.5) is 0 Å². The first-order chi connectivity index (χ1) is 7.34. The van der Waals surface area contributed by atoms with E-state index >= 15 is 0 Å². The normalized spacial score (nSPS) is 23.7. The first-order valence-electron chi connectivity index (χ1n) is 5.37. The molecule has 15 heavy (non-hydrogen) atoms. The predicted molar refractivity (Wildman–Crippen MR) is 57.5 cm³/mol. The fourth-order valence-corrected chi connectivity index (χ4v) is 1.87. The van der Waals surface area contributed by atoms with E-state index in [4.69, 9.17) is 4.74 Å². The van der Waals surface area contributed by atoms with Crippen LogP contribution in [0.25, 0.3) is 0 Å². The van der Waals surface area contributed by atoms with Gasteiger partial charge in [0.2, 0.25) is 0 Å². The highest BCUT2D eigenvalue weighted by atomic mass is 16.5. The van der Waals surface area contributed by atoms with E-state index in [1.54, 1.807) is 12.4 Å². The maximum atomic E-state index is 5.55.